The quantitative estimate of drug-likeness (QED) is 0.818. The van der Waals surface area contributed by atoms with Crippen LogP contribution >= 0.6 is 0 Å². The van der Waals surface area contributed by atoms with Gasteiger partial charge in [0.25, 0.3) is 0 Å². The van der Waals surface area contributed by atoms with Crippen LogP contribution in [0.5, 0.6) is 0 Å². The number of sulfonamides is 1. The predicted molar refractivity (Wildman–Crippen MR) is 84.6 cm³/mol. The highest BCUT2D eigenvalue weighted by Gasteiger charge is 2.26. The average molecular weight is 313 g/mol. The van der Waals surface area contributed by atoms with Crippen molar-refractivity contribution in [1.29, 1.82) is 0 Å². The molecule has 1 aliphatic heterocycles. The van der Waals surface area contributed by atoms with Gasteiger partial charge >= 0.3 is 0 Å². The summed E-state index contributed by atoms with van der Waals surface area (Å²) in [5, 5.41) is 3.32. The molecule has 120 valence electrons. The van der Waals surface area contributed by atoms with Crippen molar-refractivity contribution in [3.05, 3.63) is 18.0 Å². The van der Waals surface area contributed by atoms with Crippen molar-refractivity contribution in [2.24, 2.45) is 7.05 Å². The third-order valence-corrected chi connectivity index (χ3v) is 5.88. The lowest BCUT2D eigenvalue weighted by Crippen LogP contribution is -2.31. The number of hydrogen-bond donors (Lipinski definition) is 1. The summed E-state index contributed by atoms with van der Waals surface area (Å²) < 4.78 is 29.0. The van der Waals surface area contributed by atoms with Crippen LogP contribution in [-0.4, -0.2) is 36.9 Å². The van der Waals surface area contributed by atoms with Crippen molar-refractivity contribution in [3.63, 3.8) is 0 Å². The van der Waals surface area contributed by atoms with Crippen molar-refractivity contribution in [2.45, 2.75) is 50.5 Å². The van der Waals surface area contributed by atoms with E-state index in [1.807, 2.05) is 17.7 Å². The van der Waals surface area contributed by atoms with Crippen LogP contribution in [0.15, 0.2) is 17.2 Å². The van der Waals surface area contributed by atoms with Gasteiger partial charge in [0.15, 0.2) is 0 Å². The molecule has 0 aromatic carbocycles. The van der Waals surface area contributed by atoms with Crippen LogP contribution in [0.4, 0.5) is 0 Å². The molecule has 1 fully saturated rings. The van der Waals surface area contributed by atoms with Gasteiger partial charge in [-0.2, -0.15) is 4.31 Å². The Kier molecular flexibility index (Phi) is 5.84. The molecule has 0 aliphatic carbocycles. The van der Waals surface area contributed by atoms with Gasteiger partial charge in [0, 0.05) is 38.6 Å². The molecule has 0 spiro atoms. The van der Waals surface area contributed by atoms with Gasteiger partial charge in [0.2, 0.25) is 10.0 Å². The molecule has 1 N–H and O–H groups in total. The van der Waals surface area contributed by atoms with Gasteiger partial charge in [-0.1, -0.05) is 19.8 Å². The third kappa shape index (κ3) is 4.08. The Hall–Kier alpha value is -0.850. The Morgan fingerprint density at radius 3 is 2.48 bits per heavy atom. The number of hydrogen-bond acceptors (Lipinski definition) is 3. The lowest BCUT2D eigenvalue weighted by Gasteiger charge is -2.18. The van der Waals surface area contributed by atoms with Gasteiger partial charge in [-0.05, 0) is 31.9 Å². The molecule has 2 rings (SSSR count). The number of rotatable bonds is 6. The minimum atomic E-state index is -3.33. The van der Waals surface area contributed by atoms with E-state index in [-0.39, 0.29) is 0 Å². The maximum atomic E-state index is 12.7. The van der Waals surface area contributed by atoms with Crippen LogP contribution in [-0.2, 0) is 23.6 Å². The van der Waals surface area contributed by atoms with E-state index < -0.39 is 10.0 Å². The smallest absolute Gasteiger partial charge is 0.244 e. The first kappa shape index (κ1) is 16.5. The Bertz CT molecular complexity index is 543. The number of nitrogens with one attached hydrogen (secondary N) is 1. The molecule has 5 nitrogen and oxygen atoms in total. The molecule has 0 radical (unpaired) electrons. The molecule has 0 saturated carbocycles. The predicted octanol–water partition coefficient (Wildman–Crippen LogP) is 2.09. The van der Waals surface area contributed by atoms with Crippen molar-refractivity contribution in [3.8, 4) is 0 Å². The SMILES string of the molecule is CCCNCc1cc(S(=O)(=O)N2CCCCCC2)cn1C. The normalized spacial score (nSPS) is 17.8. The van der Waals surface area contributed by atoms with Crippen molar-refractivity contribution in [1.82, 2.24) is 14.2 Å². The third-order valence-electron chi connectivity index (χ3n) is 4.02. The standard InChI is InChI=1S/C15H27N3O2S/c1-3-8-16-12-14-11-15(13-17(14)2)21(19,20)18-9-6-4-5-7-10-18/h11,13,16H,3-10,12H2,1-2H3. The van der Waals surface area contributed by atoms with Crippen molar-refractivity contribution < 1.29 is 8.42 Å². The first-order chi connectivity index (χ1) is 10.1. The van der Waals surface area contributed by atoms with Gasteiger partial charge in [-0.25, -0.2) is 8.42 Å². The van der Waals surface area contributed by atoms with Gasteiger partial charge in [0.1, 0.15) is 4.90 Å². The molecular weight excluding hydrogens is 286 g/mol. The summed E-state index contributed by atoms with van der Waals surface area (Å²) in [4.78, 5) is 0.431. The Morgan fingerprint density at radius 1 is 1.19 bits per heavy atom. The highest BCUT2D eigenvalue weighted by Crippen LogP contribution is 2.22. The van der Waals surface area contributed by atoms with E-state index >= 15 is 0 Å². The maximum Gasteiger partial charge on any atom is 0.244 e. The number of aromatic nitrogens is 1. The summed E-state index contributed by atoms with van der Waals surface area (Å²) in [6, 6.07) is 1.81. The van der Waals surface area contributed by atoms with Crippen LogP contribution in [0.1, 0.15) is 44.7 Å². The molecule has 1 saturated heterocycles. The zero-order chi connectivity index (χ0) is 15.3. The molecule has 1 aromatic heterocycles. The van der Waals surface area contributed by atoms with E-state index in [1.54, 1.807) is 10.5 Å². The fraction of sp³-hybridized carbons (Fsp3) is 0.733. The van der Waals surface area contributed by atoms with Gasteiger partial charge in [-0.15, -0.1) is 0 Å². The highest BCUT2D eigenvalue weighted by atomic mass is 32.2. The molecular formula is C15H27N3O2S. The maximum absolute atomic E-state index is 12.7. The molecule has 1 aromatic rings. The Labute approximate surface area is 128 Å². The first-order valence-electron chi connectivity index (χ1n) is 7.92. The van der Waals surface area contributed by atoms with E-state index in [9.17, 15) is 8.42 Å². The van der Waals surface area contributed by atoms with Crippen LogP contribution in [0.2, 0.25) is 0 Å². The lowest BCUT2D eigenvalue weighted by atomic mass is 10.2. The summed E-state index contributed by atoms with van der Waals surface area (Å²) in [6.07, 6.45) is 7.01. The van der Waals surface area contributed by atoms with Crippen LogP contribution in [0.25, 0.3) is 0 Å². The fourth-order valence-corrected chi connectivity index (χ4v) is 4.33. The molecule has 0 atom stereocenters. The minimum absolute atomic E-state index is 0.431. The molecule has 2 heterocycles. The molecule has 0 bridgehead atoms. The molecule has 0 unspecified atom stereocenters. The van der Waals surface area contributed by atoms with E-state index in [1.165, 1.54) is 0 Å². The van der Waals surface area contributed by atoms with Crippen molar-refractivity contribution in [2.75, 3.05) is 19.6 Å². The monoisotopic (exact) mass is 313 g/mol. The number of aryl methyl sites for hydroxylation is 1. The van der Waals surface area contributed by atoms with Gasteiger partial charge in [-0.3, -0.25) is 0 Å². The zero-order valence-corrected chi connectivity index (χ0v) is 14.0. The van der Waals surface area contributed by atoms with E-state index in [4.69, 9.17) is 0 Å². The van der Waals surface area contributed by atoms with Gasteiger partial charge in [0.05, 0.1) is 0 Å². The summed E-state index contributed by atoms with van der Waals surface area (Å²) in [5.41, 5.74) is 1.01. The summed E-state index contributed by atoms with van der Waals surface area (Å²) in [7, 11) is -1.43. The number of nitrogens with zero attached hydrogens (tertiary/aromatic N) is 2. The second kappa shape index (κ2) is 7.42. The van der Waals surface area contributed by atoms with E-state index in [0.717, 1.165) is 44.3 Å². The average Bonchev–Trinajstić information content (AvgIpc) is 2.68. The van der Waals surface area contributed by atoms with E-state index in [0.29, 0.717) is 24.5 Å². The first-order valence-corrected chi connectivity index (χ1v) is 9.36. The lowest BCUT2D eigenvalue weighted by molar-refractivity contribution is 0.423. The summed E-state index contributed by atoms with van der Waals surface area (Å²) in [6.45, 7) is 5.08. The molecule has 0 amide bonds. The zero-order valence-electron chi connectivity index (χ0n) is 13.1. The Morgan fingerprint density at radius 2 is 1.86 bits per heavy atom. The largest absolute Gasteiger partial charge is 0.352 e. The highest BCUT2D eigenvalue weighted by molar-refractivity contribution is 7.89. The molecule has 21 heavy (non-hydrogen) atoms. The van der Waals surface area contributed by atoms with Crippen LogP contribution in [0, 0.1) is 0 Å². The fourth-order valence-electron chi connectivity index (χ4n) is 2.72. The van der Waals surface area contributed by atoms with Crippen molar-refractivity contribution >= 4 is 10.0 Å². The van der Waals surface area contributed by atoms with E-state index in [2.05, 4.69) is 12.2 Å². The molecule has 6 heteroatoms. The minimum Gasteiger partial charge on any atom is -0.352 e. The summed E-state index contributed by atoms with van der Waals surface area (Å²) in [5.74, 6) is 0. The molecule has 1 aliphatic rings. The van der Waals surface area contributed by atoms with Crippen LogP contribution < -0.4 is 5.32 Å². The second-order valence-electron chi connectivity index (χ2n) is 5.77. The topological polar surface area (TPSA) is 54.3 Å². The van der Waals surface area contributed by atoms with Gasteiger partial charge < -0.3 is 9.88 Å². The van der Waals surface area contributed by atoms with Crippen LogP contribution in [0.3, 0.4) is 0 Å². The summed E-state index contributed by atoms with van der Waals surface area (Å²) >= 11 is 0. The Balaban J connectivity index is 2.14. The second-order valence-corrected chi connectivity index (χ2v) is 7.71.